The lowest BCUT2D eigenvalue weighted by Crippen LogP contribution is -2.60. The first kappa shape index (κ1) is 22.7. The van der Waals surface area contributed by atoms with Crippen molar-refractivity contribution in [2.45, 2.75) is 118 Å². The van der Waals surface area contributed by atoms with Crippen molar-refractivity contribution in [1.29, 1.82) is 0 Å². The van der Waals surface area contributed by atoms with E-state index in [9.17, 15) is 9.90 Å². The molecule has 172 valence electrons. The van der Waals surface area contributed by atoms with Gasteiger partial charge in [-0.25, -0.2) is 0 Å². The van der Waals surface area contributed by atoms with Crippen LogP contribution >= 0.6 is 0 Å². The Balaban J connectivity index is 1.53. The third kappa shape index (κ3) is 3.29. The summed E-state index contributed by atoms with van der Waals surface area (Å²) in [5.74, 6) is 4.37. The minimum absolute atomic E-state index is 0.0301. The van der Waals surface area contributed by atoms with Crippen LogP contribution in [0.2, 0.25) is 0 Å². The highest BCUT2D eigenvalue weighted by molar-refractivity contribution is 5.76. The predicted octanol–water partition coefficient (Wildman–Crippen LogP) is 7.95. The Labute approximate surface area is 186 Å². The molecule has 2 heteroatoms. The van der Waals surface area contributed by atoms with Crippen molar-refractivity contribution in [2.75, 3.05) is 0 Å². The van der Waals surface area contributed by atoms with Crippen molar-refractivity contribution in [3.8, 4) is 0 Å². The van der Waals surface area contributed by atoms with Crippen molar-refractivity contribution >= 4 is 5.97 Å². The van der Waals surface area contributed by atoms with E-state index in [1.165, 1.54) is 57.8 Å². The van der Waals surface area contributed by atoms with Gasteiger partial charge in [0.25, 0.3) is 0 Å². The van der Waals surface area contributed by atoms with Crippen molar-refractivity contribution in [3.05, 3.63) is 0 Å². The number of hydrogen-bond donors (Lipinski definition) is 1. The van der Waals surface area contributed by atoms with Gasteiger partial charge in [0.15, 0.2) is 0 Å². The zero-order valence-electron chi connectivity index (χ0n) is 20.5. The van der Waals surface area contributed by atoms with E-state index in [1.807, 2.05) is 0 Å². The molecule has 0 aromatic heterocycles. The standard InChI is InChI=1S/C28H48O2/c1-19(2)9-8-10-20(3)22-11-12-23-21-13-18-28(25(29)30)16-7-6-15-27(28,5)24(21)14-17-26(22,23)4/h19-24H,6-18H2,1-5H3,(H,29,30)/t20-,21+,22-,23+,24+,26-,27-,28?/m1/s1. The summed E-state index contributed by atoms with van der Waals surface area (Å²) in [4.78, 5) is 12.6. The molecule has 0 saturated heterocycles. The minimum atomic E-state index is -0.473. The fourth-order valence-electron chi connectivity index (χ4n) is 9.77. The predicted molar refractivity (Wildman–Crippen MR) is 124 cm³/mol. The van der Waals surface area contributed by atoms with Crippen LogP contribution in [0.1, 0.15) is 118 Å². The molecule has 0 aromatic rings. The molecule has 4 rings (SSSR count). The Morgan fingerprint density at radius 1 is 0.900 bits per heavy atom. The smallest absolute Gasteiger partial charge is 0.310 e. The van der Waals surface area contributed by atoms with Crippen molar-refractivity contribution in [3.63, 3.8) is 0 Å². The zero-order valence-corrected chi connectivity index (χ0v) is 20.5. The van der Waals surface area contributed by atoms with Crippen molar-refractivity contribution in [1.82, 2.24) is 0 Å². The van der Waals surface area contributed by atoms with Gasteiger partial charge in [-0.3, -0.25) is 4.79 Å². The number of rotatable bonds is 6. The van der Waals surface area contributed by atoms with E-state index in [4.69, 9.17) is 0 Å². The molecule has 8 atom stereocenters. The van der Waals surface area contributed by atoms with Gasteiger partial charge >= 0.3 is 5.97 Å². The van der Waals surface area contributed by atoms with Crippen LogP contribution in [0, 0.1) is 51.8 Å². The lowest BCUT2D eigenvalue weighted by Gasteiger charge is -2.64. The zero-order chi connectivity index (χ0) is 21.7. The summed E-state index contributed by atoms with van der Waals surface area (Å²) < 4.78 is 0. The molecule has 0 amide bonds. The average molecular weight is 417 g/mol. The molecule has 0 aromatic carbocycles. The van der Waals surface area contributed by atoms with Crippen LogP contribution in [0.15, 0.2) is 0 Å². The maximum atomic E-state index is 12.6. The van der Waals surface area contributed by atoms with E-state index in [0.717, 1.165) is 55.3 Å². The second kappa shape index (κ2) is 8.11. The molecule has 4 aliphatic carbocycles. The SMILES string of the molecule is CC(C)CCC[C@@H](C)[C@H]1CC[C@H]2[C@@H]3CCC4(C(=O)O)CCCC[C@]4(C)[C@H]3CC[C@]12C. The fourth-order valence-corrected chi connectivity index (χ4v) is 9.77. The lowest BCUT2D eigenvalue weighted by molar-refractivity contribution is -0.193. The highest BCUT2D eigenvalue weighted by atomic mass is 16.4. The fraction of sp³-hybridized carbons (Fsp3) is 0.964. The van der Waals surface area contributed by atoms with Gasteiger partial charge in [0.1, 0.15) is 0 Å². The second-order valence-corrected chi connectivity index (χ2v) is 13.0. The van der Waals surface area contributed by atoms with Crippen LogP contribution in [0.25, 0.3) is 0 Å². The summed E-state index contributed by atoms with van der Waals surface area (Å²) in [6.07, 6.45) is 16.2. The lowest BCUT2D eigenvalue weighted by atomic mass is 9.40. The third-order valence-corrected chi connectivity index (χ3v) is 11.4. The van der Waals surface area contributed by atoms with Gasteiger partial charge in [-0.05, 0) is 97.7 Å². The average Bonchev–Trinajstić information content (AvgIpc) is 3.04. The number of carbonyl (C=O) groups is 1. The molecule has 0 bridgehead atoms. The van der Waals surface area contributed by atoms with Gasteiger partial charge in [0, 0.05) is 0 Å². The largest absolute Gasteiger partial charge is 0.481 e. The van der Waals surface area contributed by atoms with E-state index < -0.39 is 11.4 Å². The Kier molecular flexibility index (Phi) is 6.12. The highest BCUT2D eigenvalue weighted by Gasteiger charge is 2.66. The molecule has 4 aliphatic rings. The number of carboxylic acids is 1. The number of carboxylic acid groups (broad SMARTS) is 1. The van der Waals surface area contributed by atoms with Gasteiger partial charge in [0.2, 0.25) is 0 Å². The Hall–Kier alpha value is -0.530. The van der Waals surface area contributed by atoms with E-state index in [-0.39, 0.29) is 5.41 Å². The van der Waals surface area contributed by atoms with Crippen LogP contribution in [-0.4, -0.2) is 11.1 Å². The molecule has 1 N–H and O–H groups in total. The third-order valence-electron chi connectivity index (χ3n) is 11.4. The summed E-state index contributed by atoms with van der Waals surface area (Å²) in [6.45, 7) is 12.3. The molecule has 0 spiro atoms. The molecule has 4 saturated carbocycles. The molecule has 0 aliphatic heterocycles. The van der Waals surface area contributed by atoms with Crippen molar-refractivity contribution in [2.24, 2.45) is 51.8 Å². The first-order valence-corrected chi connectivity index (χ1v) is 13.4. The number of hydrogen-bond acceptors (Lipinski definition) is 1. The first-order chi connectivity index (χ1) is 14.2. The summed E-state index contributed by atoms with van der Waals surface area (Å²) >= 11 is 0. The van der Waals surface area contributed by atoms with Crippen LogP contribution in [0.3, 0.4) is 0 Å². The number of fused-ring (bicyclic) bond motifs is 5. The van der Waals surface area contributed by atoms with E-state index in [0.29, 0.717) is 11.3 Å². The quantitative estimate of drug-likeness (QED) is 0.477. The highest BCUT2D eigenvalue weighted by Crippen LogP contribution is 2.71. The van der Waals surface area contributed by atoms with Gasteiger partial charge < -0.3 is 5.11 Å². The monoisotopic (exact) mass is 416 g/mol. The summed E-state index contributed by atoms with van der Waals surface area (Å²) in [7, 11) is 0. The van der Waals surface area contributed by atoms with Gasteiger partial charge in [-0.15, -0.1) is 0 Å². The topological polar surface area (TPSA) is 37.3 Å². The second-order valence-electron chi connectivity index (χ2n) is 13.0. The van der Waals surface area contributed by atoms with Crippen molar-refractivity contribution < 1.29 is 9.90 Å². The van der Waals surface area contributed by atoms with E-state index >= 15 is 0 Å². The number of aliphatic carboxylic acids is 1. The summed E-state index contributed by atoms with van der Waals surface area (Å²) in [5, 5.41) is 10.4. The minimum Gasteiger partial charge on any atom is -0.481 e. The van der Waals surface area contributed by atoms with E-state index in [2.05, 4.69) is 34.6 Å². The first-order valence-electron chi connectivity index (χ1n) is 13.4. The molecule has 2 nitrogen and oxygen atoms in total. The summed E-state index contributed by atoms with van der Waals surface area (Å²) in [5.41, 5.74) is 0.108. The Morgan fingerprint density at radius 2 is 1.63 bits per heavy atom. The van der Waals surface area contributed by atoms with Crippen LogP contribution in [0.5, 0.6) is 0 Å². The Morgan fingerprint density at radius 3 is 2.33 bits per heavy atom. The molecule has 0 radical (unpaired) electrons. The van der Waals surface area contributed by atoms with Crippen LogP contribution in [-0.2, 0) is 4.79 Å². The summed E-state index contributed by atoms with van der Waals surface area (Å²) in [6, 6.07) is 0. The molecule has 4 fully saturated rings. The molecular weight excluding hydrogens is 368 g/mol. The molecule has 0 heterocycles. The van der Waals surface area contributed by atoms with Gasteiger partial charge in [-0.2, -0.15) is 0 Å². The maximum absolute atomic E-state index is 12.6. The van der Waals surface area contributed by atoms with Crippen LogP contribution < -0.4 is 0 Å². The molecular formula is C28H48O2. The van der Waals surface area contributed by atoms with Crippen LogP contribution in [0.4, 0.5) is 0 Å². The molecule has 1 unspecified atom stereocenters. The normalized spacial score (nSPS) is 46.7. The van der Waals surface area contributed by atoms with Gasteiger partial charge in [-0.1, -0.05) is 66.7 Å². The van der Waals surface area contributed by atoms with E-state index in [1.54, 1.807) is 0 Å². The maximum Gasteiger partial charge on any atom is 0.310 e. The van der Waals surface area contributed by atoms with Gasteiger partial charge in [0.05, 0.1) is 5.41 Å². The Bertz CT molecular complexity index is 641. The molecule has 30 heavy (non-hydrogen) atoms.